The maximum atomic E-state index is 12.8. The SMILES string of the molecule is COc1ccc(-c2csc(N3N=C(C)C(N=Nc4cccc(Cl)c4)C3=O)n2)cc1. The number of azo groups is 1. The minimum atomic E-state index is -0.776. The smallest absolute Gasteiger partial charge is 0.282 e. The number of ether oxygens (including phenoxy) is 1. The van der Waals surface area contributed by atoms with Crippen LogP contribution in [0.15, 0.2) is 69.2 Å². The molecule has 0 saturated heterocycles. The molecule has 0 bridgehead atoms. The summed E-state index contributed by atoms with van der Waals surface area (Å²) in [6.07, 6.45) is 0. The van der Waals surface area contributed by atoms with Crippen molar-refractivity contribution >= 4 is 45.4 Å². The number of halogens is 1. The summed E-state index contributed by atoms with van der Waals surface area (Å²) in [5.74, 6) is 0.482. The van der Waals surface area contributed by atoms with Gasteiger partial charge in [0.05, 0.1) is 24.2 Å². The zero-order valence-corrected chi connectivity index (χ0v) is 17.2. The van der Waals surface area contributed by atoms with E-state index < -0.39 is 6.04 Å². The number of methoxy groups -OCH3 is 1. The number of anilines is 1. The van der Waals surface area contributed by atoms with Crippen LogP contribution in [-0.2, 0) is 4.79 Å². The first-order valence-corrected chi connectivity index (χ1v) is 9.96. The fourth-order valence-electron chi connectivity index (χ4n) is 2.74. The summed E-state index contributed by atoms with van der Waals surface area (Å²) in [4.78, 5) is 17.4. The first-order valence-electron chi connectivity index (χ1n) is 8.70. The Bertz CT molecular complexity index is 1110. The lowest BCUT2D eigenvalue weighted by atomic mass is 10.2. The van der Waals surface area contributed by atoms with Crippen molar-refractivity contribution in [1.29, 1.82) is 0 Å². The highest BCUT2D eigenvalue weighted by atomic mass is 35.5. The third kappa shape index (κ3) is 4.03. The Hall–Kier alpha value is -3.10. The number of nitrogens with zero attached hydrogens (tertiary/aromatic N) is 5. The van der Waals surface area contributed by atoms with E-state index in [0.717, 1.165) is 17.0 Å². The van der Waals surface area contributed by atoms with Gasteiger partial charge >= 0.3 is 0 Å². The predicted octanol–water partition coefficient (Wildman–Crippen LogP) is 5.35. The van der Waals surface area contributed by atoms with Crippen LogP contribution in [0.5, 0.6) is 5.75 Å². The van der Waals surface area contributed by atoms with Gasteiger partial charge in [0, 0.05) is 16.0 Å². The quantitative estimate of drug-likeness (QED) is 0.517. The van der Waals surface area contributed by atoms with Gasteiger partial charge in [-0.3, -0.25) is 4.79 Å². The van der Waals surface area contributed by atoms with Gasteiger partial charge in [-0.15, -0.1) is 11.3 Å². The van der Waals surface area contributed by atoms with Crippen LogP contribution >= 0.6 is 22.9 Å². The first kappa shape index (κ1) is 19.2. The van der Waals surface area contributed by atoms with Gasteiger partial charge in [0.1, 0.15) is 5.75 Å². The van der Waals surface area contributed by atoms with Gasteiger partial charge in [-0.25, -0.2) is 4.98 Å². The zero-order valence-electron chi connectivity index (χ0n) is 15.6. The molecule has 9 heteroatoms. The van der Waals surface area contributed by atoms with Crippen molar-refractivity contribution in [2.45, 2.75) is 13.0 Å². The molecule has 0 fully saturated rings. The minimum absolute atomic E-state index is 0.288. The summed E-state index contributed by atoms with van der Waals surface area (Å²) in [5, 5.41) is 16.8. The van der Waals surface area contributed by atoms with Crippen molar-refractivity contribution in [2.75, 3.05) is 12.1 Å². The van der Waals surface area contributed by atoms with Crippen molar-refractivity contribution in [3.05, 3.63) is 58.9 Å². The van der Waals surface area contributed by atoms with Crippen LogP contribution in [0.1, 0.15) is 6.92 Å². The molecule has 1 atom stereocenters. The molecular formula is C20H16ClN5O2S. The van der Waals surface area contributed by atoms with E-state index in [2.05, 4.69) is 20.3 Å². The highest BCUT2D eigenvalue weighted by molar-refractivity contribution is 7.14. The topological polar surface area (TPSA) is 79.5 Å². The second-order valence-electron chi connectivity index (χ2n) is 6.23. The van der Waals surface area contributed by atoms with Gasteiger partial charge in [0.2, 0.25) is 5.13 Å². The average Bonchev–Trinajstić information content (AvgIpc) is 3.32. The maximum absolute atomic E-state index is 12.8. The Morgan fingerprint density at radius 1 is 1.21 bits per heavy atom. The van der Waals surface area contributed by atoms with Crippen LogP contribution in [0.25, 0.3) is 11.3 Å². The molecule has 4 rings (SSSR count). The van der Waals surface area contributed by atoms with Crippen LogP contribution in [0.4, 0.5) is 10.8 Å². The Balaban J connectivity index is 1.53. The van der Waals surface area contributed by atoms with Gasteiger partial charge in [-0.1, -0.05) is 17.7 Å². The summed E-state index contributed by atoms with van der Waals surface area (Å²) in [6.45, 7) is 1.75. The molecule has 1 amide bonds. The predicted molar refractivity (Wildman–Crippen MR) is 114 cm³/mol. The fourth-order valence-corrected chi connectivity index (χ4v) is 3.72. The van der Waals surface area contributed by atoms with Gasteiger partial charge in [0.25, 0.3) is 5.91 Å². The van der Waals surface area contributed by atoms with Crippen molar-refractivity contribution in [3.63, 3.8) is 0 Å². The first-order chi connectivity index (χ1) is 14.0. The second kappa shape index (κ2) is 8.10. The molecule has 146 valence electrons. The highest BCUT2D eigenvalue weighted by Crippen LogP contribution is 2.31. The lowest BCUT2D eigenvalue weighted by Gasteiger charge is -2.08. The molecule has 1 aromatic heterocycles. The van der Waals surface area contributed by atoms with Crippen molar-refractivity contribution in [3.8, 4) is 17.0 Å². The molecular weight excluding hydrogens is 410 g/mol. The molecule has 7 nitrogen and oxygen atoms in total. The van der Waals surface area contributed by atoms with E-state index in [9.17, 15) is 4.79 Å². The summed E-state index contributed by atoms with van der Waals surface area (Å²) in [6, 6.07) is 13.8. The van der Waals surface area contributed by atoms with Crippen molar-refractivity contribution in [2.24, 2.45) is 15.3 Å². The second-order valence-corrected chi connectivity index (χ2v) is 7.51. The third-order valence-corrected chi connectivity index (χ3v) is 5.30. The lowest BCUT2D eigenvalue weighted by Crippen LogP contribution is -2.29. The third-order valence-electron chi connectivity index (χ3n) is 4.25. The number of amides is 1. The molecule has 2 heterocycles. The molecule has 3 aromatic rings. The zero-order chi connectivity index (χ0) is 20.4. The van der Waals surface area contributed by atoms with E-state index in [1.165, 1.54) is 16.3 Å². The van der Waals surface area contributed by atoms with E-state index >= 15 is 0 Å². The van der Waals surface area contributed by atoms with E-state index in [-0.39, 0.29) is 5.91 Å². The molecule has 0 N–H and O–H groups in total. The van der Waals surface area contributed by atoms with Crippen LogP contribution in [-0.4, -0.2) is 29.8 Å². The Morgan fingerprint density at radius 3 is 2.72 bits per heavy atom. The molecule has 29 heavy (non-hydrogen) atoms. The Morgan fingerprint density at radius 2 is 2.00 bits per heavy atom. The monoisotopic (exact) mass is 425 g/mol. The Kier molecular flexibility index (Phi) is 5.37. The molecule has 0 aliphatic carbocycles. The molecule has 1 aliphatic rings. The summed E-state index contributed by atoms with van der Waals surface area (Å²) >= 11 is 7.30. The fraction of sp³-hybridized carbons (Fsp3) is 0.150. The van der Waals surface area contributed by atoms with Crippen LogP contribution < -0.4 is 9.75 Å². The molecule has 1 unspecified atom stereocenters. The van der Waals surface area contributed by atoms with E-state index in [1.807, 2.05) is 29.6 Å². The molecule has 0 saturated carbocycles. The number of thiazole rings is 1. The van der Waals surface area contributed by atoms with Crippen molar-refractivity contribution in [1.82, 2.24) is 4.98 Å². The standard InChI is InChI=1S/C20H16ClN5O2S/c1-12-18(24-23-15-5-3-4-14(21)10-15)19(27)26(25-12)20-22-17(11-29-20)13-6-8-16(28-2)9-7-13/h3-11,18H,1-2H3. The summed E-state index contributed by atoms with van der Waals surface area (Å²) in [5.41, 5.74) is 2.82. The van der Waals surface area contributed by atoms with E-state index in [0.29, 0.717) is 21.6 Å². The number of carbonyl (C=O) groups is 1. The maximum Gasteiger partial charge on any atom is 0.282 e. The number of hydrazone groups is 1. The van der Waals surface area contributed by atoms with Gasteiger partial charge < -0.3 is 4.74 Å². The number of rotatable bonds is 5. The van der Waals surface area contributed by atoms with E-state index in [1.54, 1.807) is 38.3 Å². The molecule has 0 spiro atoms. The number of hydrogen-bond acceptors (Lipinski definition) is 7. The molecule has 2 aromatic carbocycles. The summed E-state index contributed by atoms with van der Waals surface area (Å²) < 4.78 is 5.18. The Labute approximate surface area is 176 Å². The number of aromatic nitrogens is 1. The van der Waals surface area contributed by atoms with Crippen molar-refractivity contribution < 1.29 is 9.53 Å². The van der Waals surface area contributed by atoms with Crippen LogP contribution in [0.2, 0.25) is 5.02 Å². The lowest BCUT2D eigenvalue weighted by molar-refractivity contribution is -0.117. The normalized spacial score (nSPS) is 16.5. The van der Waals surface area contributed by atoms with Gasteiger partial charge in [-0.2, -0.15) is 20.3 Å². The number of benzene rings is 2. The summed E-state index contributed by atoms with van der Waals surface area (Å²) in [7, 11) is 1.62. The average molecular weight is 426 g/mol. The van der Waals surface area contributed by atoms with E-state index in [4.69, 9.17) is 16.3 Å². The van der Waals surface area contributed by atoms with Gasteiger partial charge in [0.15, 0.2) is 6.04 Å². The number of carbonyl (C=O) groups excluding carboxylic acids is 1. The molecule has 0 radical (unpaired) electrons. The minimum Gasteiger partial charge on any atom is -0.497 e. The van der Waals surface area contributed by atoms with Crippen LogP contribution in [0, 0.1) is 0 Å². The largest absolute Gasteiger partial charge is 0.497 e. The highest BCUT2D eigenvalue weighted by Gasteiger charge is 2.36. The van der Waals surface area contributed by atoms with Gasteiger partial charge in [-0.05, 0) is 49.4 Å². The number of hydrogen-bond donors (Lipinski definition) is 0. The van der Waals surface area contributed by atoms with Crippen LogP contribution in [0.3, 0.4) is 0 Å². The molecule has 1 aliphatic heterocycles.